The number of sulfonamides is 1. The number of rotatable bonds is 11. The van der Waals surface area contributed by atoms with Crippen LogP contribution in [0.4, 0.5) is 5.69 Å². The molecule has 1 heterocycles. The van der Waals surface area contributed by atoms with Gasteiger partial charge in [-0.1, -0.05) is 0 Å². The van der Waals surface area contributed by atoms with E-state index in [0.717, 1.165) is 10.8 Å². The normalized spacial score (nSPS) is 11.1. The summed E-state index contributed by atoms with van der Waals surface area (Å²) in [6, 6.07) is 13.3. The van der Waals surface area contributed by atoms with Gasteiger partial charge in [0.2, 0.25) is 0 Å². The van der Waals surface area contributed by atoms with Crippen LogP contribution in [0, 0.1) is 0 Å². The Labute approximate surface area is 227 Å². The molecule has 0 radical (unpaired) electrons. The van der Waals surface area contributed by atoms with Crippen molar-refractivity contribution in [2.75, 3.05) is 47.4 Å². The van der Waals surface area contributed by atoms with Gasteiger partial charge in [-0.25, -0.2) is 8.42 Å². The summed E-state index contributed by atoms with van der Waals surface area (Å²) in [5.74, 6) is 2.66. The molecule has 4 rings (SSSR count). The van der Waals surface area contributed by atoms with Gasteiger partial charge in [-0.2, -0.15) is 0 Å². The van der Waals surface area contributed by atoms with Crippen molar-refractivity contribution in [2.24, 2.45) is 0 Å². The maximum absolute atomic E-state index is 13.5. The Balaban J connectivity index is 1.82. The number of aromatic nitrogens is 1. The van der Waals surface area contributed by atoms with E-state index in [0.29, 0.717) is 45.7 Å². The number of benzene rings is 3. The summed E-state index contributed by atoms with van der Waals surface area (Å²) in [6.45, 7) is 0. The first-order valence-electron chi connectivity index (χ1n) is 11.8. The predicted octanol–water partition coefficient (Wildman–Crippen LogP) is 4.68. The van der Waals surface area contributed by atoms with Gasteiger partial charge in [0.15, 0.2) is 34.5 Å². The lowest BCUT2D eigenvalue weighted by atomic mass is 10.0. The predicted molar refractivity (Wildman–Crippen MR) is 148 cm³/mol. The molecule has 39 heavy (non-hydrogen) atoms. The first-order chi connectivity index (χ1) is 18.8. The third-order valence-corrected chi connectivity index (χ3v) is 7.59. The zero-order chi connectivity index (χ0) is 28.2. The van der Waals surface area contributed by atoms with Gasteiger partial charge in [-0.15, -0.1) is 0 Å². The fourth-order valence-corrected chi connectivity index (χ4v) is 5.34. The molecule has 0 atom stereocenters. The Morgan fingerprint density at radius 2 is 1.23 bits per heavy atom. The molecule has 1 aromatic heterocycles. The molecular weight excluding hydrogens is 524 g/mol. The third kappa shape index (κ3) is 5.58. The van der Waals surface area contributed by atoms with E-state index in [1.807, 2.05) is 18.2 Å². The largest absolute Gasteiger partial charge is 0.493 e. The van der Waals surface area contributed by atoms with Crippen molar-refractivity contribution < 1.29 is 36.8 Å². The van der Waals surface area contributed by atoms with Crippen LogP contribution in [0.5, 0.6) is 34.5 Å². The minimum Gasteiger partial charge on any atom is -0.493 e. The molecule has 0 spiro atoms. The standard InChI is InChI=1S/C28H30N2O8S/c1-33-23-8-7-19(14-26(23)36-4)39(31,32)30-21-16-28(38-6)25(35-3)13-18(21)11-22-20-15-27(37-5)24(34-2)12-17(20)9-10-29-22/h7-10,12-16,30H,11H2,1-6H3. The lowest BCUT2D eigenvalue weighted by Crippen LogP contribution is -2.15. The van der Waals surface area contributed by atoms with E-state index < -0.39 is 10.0 Å². The molecule has 4 aromatic rings. The van der Waals surface area contributed by atoms with Crippen molar-refractivity contribution in [1.82, 2.24) is 4.98 Å². The molecule has 0 saturated heterocycles. The highest BCUT2D eigenvalue weighted by Gasteiger charge is 2.22. The maximum atomic E-state index is 13.5. The zero-order valence-electron chi connectivity index (χ0n) is 22.5. The minimum absolute atomic E-state index is 0.000928. The van der Waals surface area contributed by atoms with E-state index in [4.69, 9.17) is 28.4 Å². The smallest absolute Gasteiger partial charge is 0.262 e. The molecular formula is C28H30N2O8S. The number of nitrogens with one attached hydrogen (secondary N) is 1. The molecule has 0 aliphatic rings. The lowest BCUT2D eigenvalue weighted by molar-refractivity contribution is 0.354. The Morgan fingerprint density at radius 1 is 0.667 bits per heavy atom. The summed E-state index contributed by atoms with van der Waals surface area (Å²) in [4.78, 5) is 4.59. The van der Waals surface area contributed by atoms with E-state index >= 15 is 0 Å². The molecule has 206 valence electrons. The summed E-state index contributed by atoms with van der Waals surface area (Å²) < 4.78 is 62.0. The second-order valence-corrected chi connectivity index (χ2v) is 10.0. The van der Waals surface area contributed by atoms with Crippen LogP contribution in [0.15, 0.2) is 59.6 Å². The quantitative estimate of drug-likeness (QED) is 0.282. The van der Waals surface area contributed by atoms with Crippen molar-refractivity contribution in [1.29, 1.82) is 0 Å². The molecule has 10 nitrogen and oxygen atoms in total. The molecule has 0 saturated carbocycles. The maximum Gasteiger partial charge on any atom is 0.262 e. The van der Waals surface area contributed by atoms with E-state index in [9.17, 15) is 8.42 Å². The van der Waals surface area contributed by atoms with Gasteiger partial charge in [-0.3, -0.25) is 9.71 Å². The second kappa shape index (κ2) is 11.6. The highest BCUT2D eigenvalue weighted by molar-refractivity contribution is 7.92. The van der Waals surface area contributed by atoms with Crippen molar-refractivity contribution >= 4 is 26.5 Å². The first-order valence-corrected chi connectivity index (χ1v) is 13.3. The summed E-state index contributed by atoms with van der Waals surface area (Å²) in [5.41, 5.74) is 1.63. The van der Waals surface area contributed by atoms with E-state index in [1.165, 1.54) is 46.6 Å². The number of fused-ring (bicyclic) bond motifs is 1. The highest BCUT2D eigenvalue weighted by atomic mass is 32.2. The number of ether oxygens (including phenoxy) is 6. The fourth-order valence-electron chi connectivity index (χ4n) is 4.23. The minimum atomic E-state index is -4.03. The van der Waals surface area contributed by atoms with Crippen LogP contribution in [0.25, 0.3) is 10.8 Å². The number of anilines is 1. The Hall–Kier alpha value is -4.38. The summed E-state index contributed by atoms with van der Waals surface area (Å²) >= 11 is 0. The van der Waals surface area contributed by atoms with Crippen molar-refractivity contribution in [3.63, 3.8) is 0 Å². The van der Waals surface area contributed by atoms with Gasteiger partial charge in [-0.05, 0) is 47.3 Å². The summed E-state index contributed by atoms with van der Waals surface area (Å²) in [6.07, 6.45) is 1.97. The van der Waals surface area contributed by atoms with Crippen LogP contribution in [-0.4, -0.2) is 56.1 Å². The van der Waals surface area contributed by atoms with Crippen LogP contribution in [0.2, 0.25) is 0 Å². The molecule has 11 heteroatoms. The highest BCUT2D eigenvalue weighted by Crippen LogP contribution is 2.38. The zero-order valence-corrected chi connectivity index (χ0v) is 23.3. The fraction of sp³-hybridized carbons (Fsp3) is 0.250. The first kappa shape index (κ1) is 27.6. The molecule has 0 unspecified atom stereocenters. The van der Waals surface area contributed by atoms with E-state index in [-0.39, 0.29) is 17.1 Å². The monoisotopic (exact) mass is 554 g/mol. The van der Waals surface area contributed by atoms with Gasteiger partial charge in [0.1, 0.15) is 0 Å². The van der Waals surface area contributed by atoms with E-state index in [1.54, 1.807) is 32.5 Å². The van der Waals surface area contributed by atoms with Gasteiger partial charge in [0, 0.05) is 30.1 Å². The molecule has 0 aliphatic heterocycles. The molecule has 1 N–H and O–H groups in total. The van der Waals surface area contributed by atoms with Crippen LogP contribution in [-0.2, 0) is 16.4 Å². The number of pyridine rings is 1. The van der Waals surface area contributed by atoms with Crippen molar-refractivity contribution in [3.8, 4) is 34.5 Å². The van der Waals surface area contributed by atoms with Gasteiger partial charge in [0.05, 0.1) is 58.9 Å². The summed E-state index contributed by atoms with van der Waals surface area (Å²) in [5, 5.41) is 1.73. The molecule has 0 bridgehead atoms. The van der Waals surface area contributed by atoms with Crippen LogP contribution < -0.4 is 33.1 Å². The second-order valence-electron chi connectivity index (χ2n) is 8.35. The van der Waals surface area contributed by atoms with Gasteiger partial charge >= 0.3 is 0 Å². The number of hydrogen-bond acceptors (Lipinski definition) is 9. The Bertz CT molecular complexity index is 1610. The third-order valence-electron chi connectivity index (χ3n) is 6.23. The number of hydrogen-bond donors (Lipinski definition) is 1. The topological polar surface area (TPSA) is 114 Å². The Kier molecular flexibility index (Phi) is 8.20. The number of nitrogens with zero attached hydrogens (tertiary/aromatic N) is 1. The average Bonchev–Trinajstić information content (AvgIpc) is 2.96. The lowest BCUT2D eigenvalue weighted by Gasteiger charge is -2.18. The average molecular weight is 555 g/mol. The molecule has 0 amide bonds. The Morgan fingerprint density at radius 3 is 1.87 bits per heavy atom. The summed E-state index contributed by atoms with van der Waals surface area (Å²) in [7, 11) is 5.03. The van der Waals surface area contributed by atoms with Crippen molar-refractivity contribution in [3.05, 3.63) is 66.0 Å². The molecule has 0 fully saturated rings. The van der Waals surface area contributed by atoms with E-state index in [2.05, 4.69) is 9.71 Å². The number of methoxy groups -OCH3 is 6. The van der Waals surface area contributed by atoms with Crippen LogP contribution in [0.3, 0.4) is 0 Å². The van der Waals surface area contributed by atoms with Crippen LogP contribution >= 0.6 is 0 Å². The van der Waals surface area contributed by atoms with Gasteiger partial charge in [0.25, 0.3) is 10.0 Å². The SMILES string of the molecule is COc1ccc(S(=O)(=O)Nc2cc(OC)c(OC)cc2Cc2nccc3cc(OC)c(OC)cc23)cc1OC. The van der Waals surface area contributed by atoms with Crippen molar-refractivity contribution in [2.45, 2.75) is 11.3 Å². The molecule has 3 aromatic carbocycles. The van der Waals surface area contributed by atoms with Gasteiger partial charge < -0.3 is 28.4 Å². The molecule has 0 aliphatic carbocycles. The van der Waals surface area contributed by atoms with Crippen LogP contribution in [0.1, 0.15) is 11.3 Å².